The van der Waals surface area contributed by atoms with Crippen LogP contribution < -0.4 is 11.1 Å². The number of fused-ring (bicyclic) bond motifs is 1. The van der Waals surface area contributed by atoms with Crippen LogP contribution in [-0.4, -0.2) is 31.3 Å². The van der Waals surface area contributed by atoms with Crippen molar-refractivity contribution in [1.82, 2.24) is 19.5 Å². The third-order valence-electron chi connectivity index (χ3n) is 7.33. The minimum Gasteiger partial charge on any atom is -0.382 e. The molecule has 0 radical (unpaired) electrons. The van der Waals surface area contributed by atoms with Gasteiger partial charge in [0.25, 0.3) is 0 Å². The standard InChI is InChI=1S/C29H33N7O/c1-5-31-27(30)26-25(24-16-21-8-6-7-9-23(21)33-24)35-28(36(26)4)19-11-13-20(14-12-19)29(37)34-22-15-10-17(2)32-18(22)3/h5-10,15-16,19-20,33H,1,11-14H2,2-4H3,(H2,30,31)(H,34,37). The molecule has 1 fully saturated rings. The van der Waals surface area contributed by atoms with Crippen LogP contribution in [0.25, 0.3) is 22.3 Å². The van der Waals surface area contributed by atoms with E-state index in [1.165, 1.54) is 6.20 Å². The third-order valence-corrected chi connectivity index (χ3v) is 7.33. The van der Waals surface area contributed by atoms with E-state index in [9.17, 15) is 4.79 Å². The summed E-state index contributed by atoms with van der Waals surface area (Å²) in [6.07, 6.45) is 4.80. The Kier molecular flexibility index (Phi) is 6.65. The van der Waals surface area contributed by atoms with Crippen LogP contribution in [0.15, 0.2) is 60.2 Å². The molecule has 3 aromatic heterocycles. The zero-order valence-corrected chi connectivity index (χ0v) is 21.6. The number of anilines is 1. The van der Waals surface area contributed by atoms with Gasteiger partial charge >= 0.3 is 0 Å². The Labute approximate surface area is 216 Å². The number of H-pyrrole nitrogens is 1. The number of nitrogens with one attached hydrogen (secondary N) is 2. The van der Waals surface area contributed by atoms with Crippen molar-refractivity contribution in [1.29, 1.82) is 0 Å². The zero-order chi connectivity index (χ0) is 26.1. The maximum atomic E-state index is 13.0. The van der Waals surface area contributed by atoms with Crippen LogP contribution in [0.5, 0.6) is 0 Å². The van der Waals surface area contributed by atoms with E-state index < -0.39 is 0 Å². The predicted octanol–water partition coefficient (Wildman–Crippen LogP) is 5.34. The summed E-state index contributed by atoms with van der Waals surface area (Å²) in [6.45, 7) is 7.58. The van der Waals surface area contributed by atoms with Gasteiger partial charge < -0.3 is 20.6 Å². The SMILES string of the molecule is C=CN=C(N)c1c(-c2cc3ccccc3[nH]2)nc(C2CCC(C(=O)Nc3ccc(C)nc3C)CC2)n1C. The maximum Gasteiger partial charge on any atom is 0.227 e. The molecule has 3 heterocycles. The molecule has 0 aliphatic heterocycles. The number of carbonyl (C=O) groups excluding carboxylic acids is 1. The number of amidine groups is 1. The lowest BCUT2D eigenvalue weighted by Crippen LogP contribution is -2.28. The molecule has 0 spiro atoms. The van der Waals surface area contributed by atoms with Crippen molar-refractivity contribution >= 4 is 28.3 Å². The van der Waals surface area contributed by atoms with Crippen LogP contribution in [0.4, 0.5) is 5.69 Å². The number of amides is 1. The van der Waals surface area contributed by atoms with E-state index in [0.717, 1.165) is 76.6 Å². The van der Waals surface area contributed by atoms with E-state index in [1.54, 1.807) is 0 Å². The zero-order valence-electron chi connectivity index (χ0n) is 21.6. The van der Waals surface area contributed by atoms with E-state index in [-0.39, 0.29) is 17.7 Å². The van der Waals surface area contributed by atoms with Gasteiger partial charge in [0.15, 0.2) is 0 Å². The Morgan fingerprint density at radius 1 is 1.16 bits per heavy atom. The number of nitrogens with two attached hydrogens (primary N) is 1. The second kappa shape index (κ2) is 10.0. The Hall–Kier alpha value is -4.20. The van der Waals surface area contributed by atoms with Gasteiger partial charge in [0.05, 0.1) is 17.1 Å². The minimum absolute atomic E-state index is 0.0303. The van der Waals surface area contributed by atoms with Crippen molar-refractivity contribution in [3.05, 3.63) is 78.1 Å². The molecular weight excluding hydrogens is 462 g/mol. The van der Waals surface area contributed by atoms with Crippen LogP contribution in [0.1, 0.15) is 54.5 Å². The molecule has 0 unspecified atom stereocenters. The molecule has 190 valence electrons. The first kappa shape index (κ1) is 24.5. The monoisotopic (exact) mass is 495 g/mol. The van der Waals surface area contributed by atoms with Crippen molar-refractivity contribution in [2.75, 3.05) is 5.32 Å². The first-order chi connectivity index (χ1) is 17.9. The molecule has 8 nitrogen and oxygen atoms in total. The normalized spacial score (nSPS) is 18.2. The quantitative estimate of drug-likeness (QED) is 0.247. The van der Waals surface area contributed by atoms with Crippen molar-refractivity contribution in [3.63, 3.8) is 0 Å². The number of aromatic amines is 1. The van der Waals surface area contributed by atoms with Crippen LogP contribution in [0.2, 0.25) is 0 Å². The number of carbonyl (C=O) groups is 1. The van der Waals surface area contributed by atoms with Gasteiger partial charge in [-0.05, 0) is 63.8 Å². The summed E-state index contributed by atoms with van der Waals surface area (Å²) in [5.41, 5.74) is 12.4. The molecule has 37 heavy (non-hydrogen) atoms. The first-order valence-electron chi connectivity index (χ1n) is 12.7. The van der Waals surface area contributed by atoms with Crippen molar-refractivity contribution in [3.8, 4) is 11.4 Å². The van der Waals surface area contributed by atoms with Gasteiger partial charge in [-0.1, -0.05) is 24.8 Å². The smallest absolute Gasteiger partial charge is 0.227 e. The second-order valence-electron chi connectivity index (χ2n) is 9.82. The lowest BCUT2D eigenvalue weighted by Gasteiger charge is -2.27. The molecule has 1 aliphatic carbocycles. The molecule has 0 saturated heterocycles. The van der Waals surface area contributed by atoms with Crippen molar-refractivity contribution in [2.45, 2.75) is 45.4 Å². The number of rotatable bonds is 6. The van der Waals surface area contributed by atoms with Crippen LogP contribution >= 0.6 is 0 Å². The molecule has 0 atom stereocenters. The molecule has 8 heteroatoms. The summed E-state index contributed by atoms with van der Waals surface area (Å²) in [7, 11) is 1.99. The van der Waals surface area contributed by atoms with Gasteiger partial charge in [-0.15, -0.1) is 0 Å². The summed E-state index contributed by atoms with van der Waals surface area (Å²) >= 11 is 0. The number of aryl methyl sites for hydroxylation is 2. The first-order valence-corrected chi connectivity index (χ1v) is 12.7. The summed E-state index contributed by atoms with van der Waals surface area (Å²) in [6, 6.07) is 14.1. The average molecular weight is 496 g/mol. The highest BCUT2D eigenvalue weighted by atomic mass is 16.1. The van der Waals surface area contributed by atoms with Crippen LogP contribution in [0, 0.1) is 19.8 Å². The Bertz CT molecular complexity index is 1470. The summed E-state index contributed by atoms with van der Waals surface area (Å²) in [5.74, 6) is 1.60. The Morgan fingerprint density at radius 3 is 2.62 bits per heavy atom. The highest BCUT2D eigenvalue weighted by molar-refractivity contribution is 6.02. The number of para-hydroxylation sites is 1. The number of aromatic nitrogens is 4. The number of nitrogens with zero attached hydrogens (tertiary/aromatic N) is 4. The molecule has 4 N–H and O–H groups in total. The van der Waals surface area contributed by atoms with Gasteiger partial charge in [0, 0.05) is 41.7 Å². The lowest BCUT2D eigenvalue weighted by molar-refractivity contribution is -0.120. The van der Waals surface area contributed by atoms with Gasteiger partial charge in [-0.2, -0.15) is 0 Å². The molecule has 1 amide bonds. The van der Waals surface area contributed by atoms with Gasteiger partial charge in [0.1, 0.15) is 23.0 Å². The second-order valence-corrected chi connectivity index (χ2v) is 9.82. The number of pyridine rings is 1. The molecule has 1 aliphatic rings. The number of hydrogen-bond donors (Lipinski definition) is 3. The molecule has 5 rings (SSSR count). The fourth-order valence-electron chi connectivity index (χ4n) is 5.39. The van der Waals surface area contributed by atoms with Crippen molar-refractivity contribution in [2.24, 2.45) is 23.7 Å². The third kappa shape index (κ3) is 4.79. The summed E-state index contributed by atoms with van der Waals surface area (Å²) < 4.78 is 2.05. The molecular formula is C29H33N7O. The number of imidazole rings is 1. The lowest BCUT2D eigenvalue weighted by atomic mass is 9.81. The van der Waals surface area contributed by atoms with Gasteiger partial charge in [0.2, 0.25) is 5.91 Å². The van der Waals surface area contributed by atoms with E-state index >= 15 is 0 Å². The van der Waals surface area contributed by atoms with Gasteiger partial charge in [-0.3, -0.25) is 9.78 Å². The summed E-state index contributed by atoms with van der Waals surface area (Å²) in [4.78, 5) is 30.3. The minimum atomic E-state index is -0.0303. The number of benzene rings is 1. The van der Waals surface area contributed by atoms with E-state index in [2.05, 4.69) is 43.6 Å². The Balaban J connectivity index is 1.38. The maximum absolute atomic E-state index is 13.0. The molecule has 1 saturated carbocycles. The van der Waals surface area contributed by atoms with E-state index in [1.807, 2.05) is 51.2 Å². The summed E-state index contributed by atoms with van der Waals surface area (Å²) in [5, 5.41) is 4.19. The van der Waals surface area contributed by atoms with Crippen LogP contribution in [0.3, 0.4) is 0 Å². The highest BCUT2D eigenvalue weighted by Gasteiger charge is 2.31. The topological polar surface area (TPSA) is 114 Å². The number of aliphatic imine (C=N–C) groups is 1. The van der Waals surface area contributed by atoms with Crippen molar-refractivity contribution < 1.29 is 4.79 Å². The molecule has 0 bridgehead atoms. The highest BCUT2D eigenvalue weighted by Crippen LogP contribution is 2.38. The largest absolute Gasteiger partial charge is 0.382 e. The molecule has 1 aromatic carbocycles. The predicted molar refractivity (Wildman–Crippen MR) is 148 cm³/mol. The van der Waals surface area contributed by atoms with Crippen LogP contribution in [-0.2, 0) is 11.8 Å². The van der Waals surface area contributed by atoms with E-state index in [0.29, 0.717) is 5.84 Å². The molecule has 4 aromatic rings. The average Bonchev–Trinajstić information content (AvgIpc) is 3.47. The van der Waals surface area contributed by atoms with Gasteiger partial charge in [-0.25, -0.2) is 9.98 Å². The Morgan fingerprint density at radius 2 is 1.92 bits per heavy atom. The fraction of sp³-hybridized carbons (Fsp3) is 0.310. The van der Waals surface area contributed by atoms with E-state index in [4.69, 9.17) is 10.7 Å². The number of hydrogen-bond acceptors (Lipinski definition) is 4. The fourth-order valence-corrected chi connectivity index (χ4v) is 5.39.